The maximum atomic E-state index is 12.3. The van der Waals surface area contributed by atoms with Crippen LogP contribution in [0.25, 0.3) is 0 Å². The van der Waals surface area contributed by atoms with Crippen LogP contribution in [-0.2, 0) is 14.3 Å². The summed E-state index contributed by atoms with van der Waals surface area (Å²) in [5, 5.41) is 3.40. The highest BCUT2D eigenvalue weighted by Gasteiger charge is 2.52. The molecule has 1 fully saturated rings. The fourth-order valence-corrected chi connectivity index (χ4v) is 2.29. The predicted octanol–water partition coefficient (Wildman–Crippen LogP) is 2.37. The lowest BCUT2D eigenvalue weighted by Crippen LogP contribution is -2.60. The molecule has 1 aliphatic carbocycles. The van der Waals surface area contributed by atoms with Gasteiger partial charge in [0.1, 0.15) is 5.54 Å². The van der Waals surface area contributed by atoms with E-state index >= 15 is 0 Å². The van der Waals surface area contributed by atoms with Gasteiger partial charge in [0.25, 0.3) is 0 Å². The van der Waals surface area contributed by atoms with Gasteiger partial charge in [0.05, 0.1) is 19.8 Å². The summed E-state index contributed by atoms with van der Waals surface area (Å²) in [6.45, 7) is 10.8. The molecule has 1 N–H and O–H groups in total. The Hall–Kier alpha value is -0.610. The van der Waals surface area contributed by atoms with Crippen molar-refractivity contribution in [2.24, 2.45) is 11.8 Å². The SMILES string of the molecule is COC(=O)C(COC(C)C(C)C)(NC(C)C)C1CC1. The molecule has 4 nitrogen and oxygen atoms in total. The molecule has 0 aromatic heterocycles. The lowest BCUT2D eigenvalue weighted by Gasteiger charge is -2.35. The highest BCUT2D eigenvalue weighted by atomic mass is 16.5. The van der Waals surface area contributed by atoms with Crippen LogP contribution in [0.4, 0.5) is 0 Å². The highest BCUT2D eigenvalue weighted by Crippen LogP contribution is 2.41. The van der Waals surface area contributed by atoms with Crippen LogP contribution in [0.5, 0.6) is 0 Å². The summed E-state index contributed by atoms with van der Waals surface area (Å²) in [5.74, 6) is 0.579. The van der Waals surface area contributed by atoms with Gasteiger partial charge in [-0.25, -0.2) is 4.79 Å². The van der Waals surface area contributed by atoms with E-state index in [1.807, 2.05) is 13.8 Å². The van der Waals surface area contributed by atoms with Crippen molar-refractivity contribution in [1.82, 2.24) is 5.32 Å². The number of ether oxygens (including phenoxy) is 2. The third-order valence-electron chi connectivity index (χ3n) is 3.88. The maximum Gasteiger partial charge on any atom is 0.328 e. The molecule has 0 saturated heterocycles. The van der Waals surface area contributed by atoms with E-state index in [0.29, 0.717) is 18.4 Å². The van der Waals surface area contributed by atoms with Gasteiger partial charge in [0, 0.05) is 6.04 Å². The summed E-state index contributed by atoms with van der Waals surface area (Å²) in [6.07, 6.45) is 2.26. The van der Waals surface area contributed by atoms with Crippen LogP contribution in [0.3, 0.4) is 0 Å². The van der Waals surface area contributed by atoms with Crippen molar-refractivity contribution in [3.63, 3.8) is 0 Å². The van der Waals surface area contributed by atoms with E-state index in [1.54, 1.807) is 0 Å². The fraction of sp³-hybridized carbons (Fsp3) is 0.933. The number of hydrogen-bond acceptors (Lipinski definition) is 4. The largest absolute Gasteiger partial charge is 0.468 e. The quantitative estimate of drug-likeness (QED) is 0.689. The van der Waals surface area contributed by atoms with Crippen molar-refractivity contribution in [3.05, 3.63) is 0 Å². The van der Waals surface area contributed by atoms with Gasteiger partial charge in [-0.05, 0) is 45.4 Å². The molecule has 2 atom stereocenters. The van der Waals surface area contributed by atoms with Crippen molar-refractivity contribution in [3.8, 4) is 0 Å². The Morgan fingerprint density at radius 2 is 1.84 bits per heavy atom. The minimum absolute atomic E-state index is 0.136. The minimum Gasteiger partial charge on any atom is -0.468 e. The highest BCUT2D eigenvalue weighted by molar-refractivity contribution is 5.82. The van der Waals surface area contributed by atoms with Crippen LogP contribution in [-0.4, -0.2) is 37.4 Å². The first kappa shape index (κ1) is 16.4. The monoisotopic (exact) mass is 271 g/mol. The molecule has 0 amide bonds. The van der Waals surface area contributed by atoms with Gasteiger partial charge < -0.3 is 9.47 Å². The number of nitrogens with one attached hydrogen (secondary N) is 1. The van der Waals surface area contributed by atoms with Crippen LogP contribution in [0.1, 0.15) is 47.5 Å². The second-order valence-corrected chi connectivity index (χ2v) is 6.30. The number of rotatable bonds is 8. The molecule has 1 saturated carbocycles. The van der Waals surface area contributed by atoms with Crippen LogP contribution in [0.15, 0.2) is 0 Å². The van der Waals surface area contributed by atoms with E-state index in [2.05, 4.69) is 26.1 Å². The van der Waals surface area contributed by atoms with Crippen molar-refractivity contribution in [2.75, 3.05) is 13.7 Å². The number of esters is 1. The average molecular weight is 271 g/mol. The standard InChI is InChI=1S/C15H29NO3/c1-10(2)12(5)19-9-15(13-7-8-13,14(17)18-6)16-11(3)4/h10-13,16H,7-9H2,1-6H3. The number of carbonyl (C=O) groups excluding carboxylic acids is 1. The van der Waals surface area contributed by atoms with E-state index in [-0.39, 0.29) is 18.1 Å². The average Bonchev–Trinajstić information content (AvgIpc) is 3.16. The van der Waals surface area contributed by atoms with Gasteiger partial charge in [-0.2, -0.15) is 0 Å². The minimum atomic E-state index is -0.675. The van der Waals surface area contributed by atoms with Gasteiger partial charge in [-0.3, -0.25) is 5.32 Å². The molecule has 0 spiro atoms. The Labute approximate surface area is 117 Å². The second kappa shape index (κ2) is 6.71. The molecule has 0 aliphatic heterocycles. The Kier molecular flexibility index (Phi) is 5.81. The van der Waals surface area contributed by atoms with E-state index in [9.17, 15) is 4.79 Å². The molecule has 0 heterocycles. The summed E-state index contributed by atoms with van der Waals surface area (Å²) in [7, 11) is 1.45. The molecule has 0 radical (unpaired) electrons. The van der Waals surface area contributed by atoms with Gasteiger partial charge in [-0.15, -0.1) is 0 Å². The zero-order chi connectivity index (χ0) is 14.6. The van der Waals surface area contributed by atoms with E-state index in [0.717, 1.165) is 12.8 Å². The Bertz CT molecular complexity index is 300. The van der Waals surface area contributed by atoms with Gasteiger partial charge >= 0.3 is 5.97 Å². The lowest BCUT2D eigenvalue weighted by molar-refractivity contribution is -0.155. The van der Waals surface area contributed by atoms with Gasteiger partial charge in [-0.1, -0.05) is 13.8 Å². The maximum absolute atomic E-state index is 12.3. The van der Waals surface area contributed by atoms with Crippen LogP contribution in [0, 0.1) is 11.8 Å². The first-order valence-corrected chi connectivity index (χ1v) is 7.31. The molecule has 0 bridgehead atoms. The molecular formula is C15H29NO3. The summed E-state index contributed by atoms with van der Waals surface area (Å²) in [4.78, 5) is 12.3. The van der Waals surface area contributed by atoms with Crippen LogP contribution < -0.4 is 5.32 Å². The predicted molar refractivity (Wildman–Crippen MR) is 76.0 cm³/mol. The fourth-order valence-electron chi connectivity index (χ4n) is 2.29. The summed E-state index contributed by atoms with van der Waals surface area (Å²) in [5.41, 5.74) is -0.675. The summed E-state index contributed by atoms with van der Waals surface area (Å²) in [6, 6.07) is 0.220. The normalized spacial score (nSPS) is 20.4. The third kappa shape index (κ3) is 4.18. The Balaban J connectivity index is 2.80. The Morgan fingerprint density at radius 1 is 1.26 bits per heavy atom. The number of carbonyl (C=O) groups is 1. The lowest BCUT2D eigenvalue weighted by atomic mass is 9.92. The molecule has 19 heavy (non-hydrogen) atoms. The van der Waals surface area contributed by atoms with Crippen LogP contribution >= 0.6 is 0 Å². The number of hydrogen-bond donors (Lipinski definition) is 1. The first-order valence-electron chi connectivity index (χ1n) is 7.31. The summed E-state index contributed by atoms with van der Waals surface area (Å²) >= 11 is 0. The zero-order valence-corrected chi connectivity index (χ0v) is 13.2. The van der Waals surface area contributed by atoms with Gasteiger partial charge in [0.2, 0.25) is 0 Å². The third-order valence-corrected chi connectivity index (χ3v) is 3.88. The molecule has 4 heteroatoms. The zero-order valence-electron chi connectivity index (χ0n) is 13.2. The van der Waals surface area contributed by atoms with Crippen molar-refractivity contribution in [2.45, 2.75) is 65.1 Å². The second-order valence-electron chi connectivity index (χ2n) is 6.30. The topological polar surface area (TPSA) is 47.6 Å². The Morgan fingerprint density at radius 3 is 2.21 bits per heavy atom. The van der Waals surface area contributed by atoms with E-state index in [4.69, 9.17) is 9.47 Å². The van der Waals surface area contributed by atoms with E-state index < -0.39 is 5.54 Å². The first-order chi connectivity index (χ1) is 8.83. The number of methoxy groups -OCH3 is 1. The van der Waals surface area contributed by atoms with Crippen LogP contribution in [0.2, 0.25) is 0 Å². The van der Waals surface area contributed by atoms with Crippen molar-refractivity contribution >= 4 is 5.97 Å². The molecule has 112 valence electrons. The van der Waals surface area contributed by atoms with Crippen molar-refractivity contribution < 1.29 is 14.3 Å². The van der Waals surface area contributed by atoms with Gasteiger partial charge in [0.15, 0.2) is 0 Å². The molecule has 1 rings (SSSR count). The molecule has 0 aromatic carbocycles. The summed E-state index contributed by atoms with van der Waals surface area (Å²) < 4.78 is 11.0. The molecule has 2 unspecified atom stereocenters. The molecule has 1 aliphatic rings. The molecular weight excluding hydrogens is 242 g/mol. The molecule has 0 aromatic rings. The smallest absolute Gasteiger partial charge is 0.328 e. The van der Waals surface area contributed by atoms with Crippen molar-refractivity contribution in [1.29, 1.82) is 0 Å². The van der Waals surface area contributed by atoms with E-state index in [1.165, 1.54) is 7.11 Å².